The van der Waals surface area contributed by atoms with Crippen LogP contribution in [0.2, 0.25) is 0 Å². The van der Waals surface area contributed by atoms with Crippen LogP contribution in [0, 0.1) is 0 Å². The van der Waals surface area contributed by atoms with Gasteiger partial charge in [-0.1, -0.05) is 32.0 Å². The van der Waals surface area contributed by atoms with Gasteiger partial charge in [-0.05, 0) is 42.2 Å². The predicted molar refractivity (Wildman–Crippen MR) is 112 cm³/mol. The lowest BCUT2D eigenvalue weighted by Gasteiger charge is -2.34. The van der Waals surface area contributed by atoms with Crippen LogP contribution in [0.4, 0.5) is 0 Å². The highest BCUT2D eigenvalue weighted by atomic mass is 32.2. The molecule has 8 heteroatoms. The number of sulfonamides is 1. The molecule has 7 nitrogen and oxygen atoms in total. The number of rotatable bonds is 5. The number of fused-ring (bicyclic) bond motifs is 1. The quantitative estimate of drug-likeness (QED) is 0.729. The third-order valence-corrected chi connectivity index (χ3v) is 7.77. The molecular formula is C22H26N2O5S. The van der Waals surface area contributed by atoms with Crippen molar-refractivity contribution >= 4 is 15.9 Å². The zero-order valence-electron chi connectivity index (χ0n) is 17.2. The first kappa shape index (κ1) is 20.7. The zero-order valence-corrected chi connectivity index (χ0v) is 18.0. The molecule has 0 N–H and O–H groups in total. The maximum atomic E-state index is 13.0. The van der Waals surface area contributed by atoms with Crippen molar-refractivity contribution in [1.29, 1.82) is 0 Å². The fourth-order valence-electron chi connectivity index (χ4n) is 3.75. The van der Waals surface area contributed by atoms with E-state index < -0.39 is 10.0 Å². The number of ether oxygens (including phenoxy) is 2. The third kappa shape index (κ3) is 3.77. The summed E-state index contributed by atoms with van der Waals surface area (Å²) in [6, 6.07) is 12.4. The van der Waals surface area contributed by atoms with Crippen LogP contribution in [-0.2, 0) is 10.0 Å². The van der Waals surface area contributed by atoms with Crippen molar-refractivity contribution in [1.82, 2.24) is 9.21 Å². The van der Waals surface area contributed by atoms with Crippen LogP contribution in [0.5, 0.6) is 11.5 Å². The van der Waals surface area contributed by atoms with Crippen molar-refractivity contribution in [2.24, 2.45) is 0 Å². The van der Waals surface area contributed by atoms with Gasteiger partial charge < -0.3 is 14.4 Å². The maximum absolute atomic E-state index is 13.0. The van der Waals surface area contributed by atoms with Crippen molar-refractivity contribution in [3.05, 3.63) is 53.6 Å². The summed E-state index contributed by atoms with van der Waals surface area (Å²) in [4.78, 5) is 14.9. The Balaban J connectivity index is 1.44. The van der Waals surface area contributed by atoms with Crippen LogP contribution in [0.25, 0.3) is 0 Å². The van der Waals surface area contributed by atoms with Crippen molar-refractivity contribution in [2.45, 2.75) is 31.1 Å². The Hall–Kier alpha value is -2.58. The normalized spacial score (nSPS) is 17.7. The van der Waals surface area contributed by atoms with E-state index in [0.717, 1.165) is 12.0 Å². The monoisotopic (exact) mass is 430 g/mol. The summed E-state index contributed by atoms with van der Waals surface area (Å²) >= 11 is 0. The molecular weight excluding hydrogens is 404 g/mol. The van der Waals surface area contributed by atoms with E-state index in [0.29, 0.717) is 41.0 Å². The molecule has 1 atom stereocenters. The summed E-state index contributed by atoms with van der Waals surface area (Å²) in [5.41, 5.74) is 1.58. The van der Waals surface area contributed by atoms with Crippen LogP contribution < -0.4 is 9.47 Å². The number of hydrogen-bond donors (Lipinski definition) is 0. The van der Waals surface area contributed by atoms with Crippen LogP contribution in [-0.4, -0.2) is 56.5 Å². The Morgan fingerprint density at radius 2 is 1.73 bits per heavy atom. The molecule has 2 aromatic rings. The molecule has 1 saturated heterocycles. The highest BCUT2D eigenvalue weighted by molar-refractivity contribution is 7.89. The van der Waals surface area contributed by atoms with Gasteiger partial charge in [0.15, 0.2) is 11.5 Å². The standard InChI is InChI=1S/C22H26N2O5S/c1-3-16(2)17-7-9-18(10-8-17)30(26,27)24-13-11-23(12-14-24)22(25)19-5-4-6-20-21(19)29-15-28-20/h4-10,16H,3,11-15H2,1-2H3. The van der Waals surface area contributed by atoms with E-state index in [2.05, 4.69) is 13.8 Å². The first-order valence-corrected chi connectivity index (χ1v) is 11.6. The molecule has 30 heavy (non-hydrogen) atoms. The first-order valence-electron chi connectivity index (χ1n) is 10.2. The van der Waals surface area contributed by atoms with Crippen molar-refractivity contribution in [3.8, 4) is 11.5 Å². The van der Waals surface area contributed by atoms with Gasteiger partial charge in [0.1, 0.15) is 0 Å². The second kappa shape index (κ2) is 8.28. The molecule has 160 valence electrons. The molecule has 0 saturated carbocycles. The van der Waals surface area contributed by atoms with Gasteiger partial charge >= 0.3 is 0 Å². The number of carbonyl (C=O) groups is 1. The fourth-order valence-corrected chi connectivity index (χ4v) is 5.18. The summed E-state index contributed by atoms with van der Waals surface area (Å²) in [5, 5.41) is 0. The second-order valence-electron chi connectivity index (χ2n) is 7.61. The van der Waals surface area contributed by atoms with E-state index in [1.54, 1.807) is 35.2 Å². The van der Waals surface area contributed by atoms with Gasteiger partial charge in [-0.25, -0.2) is 8.42 Å². The topological polar surface area (TPSA) is 76.2 Å². The fraction of sp³-hybridized carbons (Fsp3) is 0.409. The number of carbonyl (C=O) groups excluding carboxylic acids is 1. The van der Waals surface area contributed by atoms with E-state index in [9.17, 15) is 13.2 Å². The molecule has 0 aliphatic carbocycles. The molecule has 1 fully saturated rings. The van der Waals surface area contributed by atoms with Crippen molar-refractivity contribution in [2.75, 3.05) is 33.0 Å². The van der Waals surface area contributed by atoms with E-state index in [1.807, 2.05) is 12.1 Å². The Bertz CT molecular complexity index is 1030. The van der Waals surface area contributed by atoms with Gasteiger partial charge in [-0.15, -0.1) is 0 Å². The molecule has 0 spiro atoms. The number of amides is 1. The van der Waals surface area contributed by atoms with E-state index >= 15 is 0 Å². The molecule has 1 amide bonds. The minimum Gasteiger partial charge on any atom is -0.454 e. The lowest BCUT2D eigenvalue weighted by molar-refractivity contribution is 0.0693. The number of nitrogens with zero attached hydrogens (tertiary/aromatic N) is 2. The number of benzene rings is 2. The van der Waals surface area contributed by atoms with Crippen LogP contribution >= 0.6 is 0 Å². The molecule has 2 aliphatic heterocycles. The molecule has 4 rings (SSSR count). The summed E-state index contributed by atoms with van der Waals surface area (Å²) in [7, 11) is -3.58. The van der Waals surface area contributed by atoms with Gasteiger partial charge in [-0.2, -0.15) is 4.31 Å². The van der Waals surface area contributed by atoms with E-state index in [4.69, 9.17) is 9.47 Å². The minimum atomic E-state index is -3.58. The van der Waals surface area contributed by atoms with Crippen molar-refractivity contribution < 1.29 is 22.7 Å². The van der Waals surface area contributed by atoms with Crippen molar-refractivity contribution in [3.63, 3.8) is 0 Å². The molecule has 2 heterocycles. The Morgan fingerprint density at radius 1 is 1.03 bits per heavy atom. The van der Waals surface area contributed by atoms with E-state index in [-0.39, 0.29) is 25.8 Å². The predicted octanol–water partition coefficient (Wildman–Crippen LogP) is 3.08. The zero-order chi connectivity index (χ0) is 21.3. The van der Waals surface area contributed by atoms with Gasteiger partial charge in [0.2, 0.25) is 16.8 Å². The summed E-state index contributed by atoms with van der Waals surface area (Å²) in [6.45, 7) is 5.50. The maximum Gasteiger partial charge on any atom is 0.257 e. The minimum absolute atomic E-state index is 0.0987. The van der Waals surface area contributed by atoms with Gasteiger partial charge in [0, 0.05) is 26.2 Å². The highest BCUT2D eigenvalue weighted by Crippen LogP contribution is 2.36. The molecule has 1 unspecified atom stereocenters. The lowest BCUT2D eigenvalue weighted by Crippen LogP contribution is -2.50. The van der Waals surface area contributed by atoms with Gasteiger partial charge in [-0.3, -0.25) is 4.79 Å². The van der Waals surface area contributed by atoms with Gasteiger partial charge in [0.25, 0.3) is 5.91 Å². The second-order valence-corrected chi connectivity index (χ2v) is 9.55. The largest absolute Gasteiger partial charge is 0.454 e. The number of piperazine rings is 1. The first-order chi connectivity index (χ1) is 14.4. The van der Waals surface area contributed by atoms with E-state index in [1.165, 1.54) is 4.31 Å². The number of hydrogen-bond acceptors (Lipinski definition) is 5. The molecule has 2 aromatic carbocycles. The van der Waals surface area contributed by atoms with Crippen LogP contribution in [0.15, 0.2) is 47.4 Å². The lowest BCUT2D eigenvalue weighted by atomic mass is 9.99. The Kier molecular flexibility index (Phi) is 5.71. The average Bonchev–Trinajstić information content (AvgIpc) is 3.27. The molecule has 2 aliphatic rings. The molecule has 0 bridgehead atoms. The highest BCUT2D eigenvalue weighted by Gasteiger charge is 2.32. The smallest absolute Gasteiger partial charge is 0.257 e. The molecule has 0 radical (unpaired) electrons. The number of para-hydroxylation sites is 1. The summed E-state index contributed by atoms with van der Waals surface area (Å²) in [5.74, 6) is 1.24. The third-order valence-electron chi connectivity index (χ3n) is 5.85. The Morgan fingerprint density at radius 3 is 2.40 bits per heavy atom. The van der Waals surface area contributed by atoms with Crippen LogP contribution in [0.3, 0.4) is 0 Å². The summed E-state index contributed by atoms with van der Waals surface area (Å²) in [6.07, 6.45) is 1.00. The Labute approximate surface area is 177 Å². The van der Waals surface area contributed by atoms with Gasteiger partial charge in [0.05, 0.1) is 10.5 Å². The molecule has 0 aromatic heterocycles. The summed E-state index contributed by atoms with van der Waals surface area (Å²) < 4.78 is 38.3. The van der Waals surface area contributed by atoms with Crippen LogP contribution in [0.1, 0.15) is 42.1 Å². The average molecular weight is 431 g/mol. The SMILES string of the molecule is CCC(C)c1ccc(S(=O)(=O)N2CCN(C(=O)c3cccc4c3OCO4)CC2)cc1.